The van der Waals surface area contributed by atoms with Gasteiger partial charge in [-0.2, -0.15) is 0 Å². The lowest BCUT2D eigenvalue weighted by molar-refractivity contribution is 0.0654. The van der Waals surface area contributed by atoms with E-state index >= 15 is 0 Å². The van der Waals surface area contributed by atoms with Gasteiger partial charge in [-0.3, -0.25) is 14.2 Å². The van der Waals surface area contributed by atoms with Crippen LogP contribution in [-0.2, 0) is 12.5 Å². The highest BCUT2D eigenvalue weighted by Gasteiger charge is 2.28. The molecule has 5 nitrogen and oxygen atoms in total. The number of para-hydroxylation sites is 1. The van der Waals surface area contributed by atoms with Gasteiger partial charge in [0.1, 0.15) is 5.82 Å². The molecule has 32 heavy (non-hydrogen) atoms. The Balaban J connectivity index is 2.05. The highest BCUT2D eigenvalue weighted by Crippen LogP contribution is 2.27. The van der Waals surface area contributed by atoms with Gasteiger partial charge < -0.3 is 4.90 Å². The number of benzene rings is 2. The van der Waals surface area contributed by atoms with E-state index in [0.717, 1.165) is 12.8 Å². The Hall–Kier alpha value is -2.95. The van der Waals surface area contributed by atoms with Crippen LogP contribution in [0, 0.1) is 0 Å². The Labute approximate surface area is 191 Å². The average Bonchev–Trinajstić information content (AvgIpc) is 2.78. The molecule has 0 saturated carbocycles. The molecule has 0 fully saturated rings. The van der Waals surface area contributed by atoms with Crippen LogP contribution in [0.3, 0.4) is 0 Å². The maximum atomic E-state index is 13.7. The van der Waals surface area contributed by atoms with E-state index in [-0.39, 0.29) is 22.9 Å². The average molecular weight is 434 g/mol. The molecule has 0 aliphatic carbocycles. The fraction of sp³-hybridized carbons (Fsp3) is 0.444. The van der Waals surface area contributed by atoms with Gasteiger partial charge in [0.05, 0.1) is 16.9 Å². The van der Waals surface area contributed by atoms with Crippen molar-refractivity contribution in [3.05, 3.63) is 75.8 Å². The highest BCUT2D eigenvalue weighted by atomic mass is 16.2. The first-order valence-corrected chi connectivity index (χ1v) is 11.6. The molecule has 0 aliphatic heterocycles. The van der Waals surface area contributed by atoms with Gasteiger partial charge in [-0.1, -0.05) is 65.3 Å². The molecule has 1 amide bonds. The van der Waals surface area contributed by atoms with E-state index in [1.54, 1.807) is 17.7 Å². The summed E-state index contributed by atoms with van der Waals surface area (Å²) in [5.41, 5.74) is 2.48. The number of unbranched alkanes of at least 4 members (excludes halogenated alkanes) is 1. The van der Waals surface area contributed by atoms with E-state index in [9.17, 15) is 9.59 Å². The normalized spacial score (nSPS) is 12.7. The van der Waals surface area contributed by atoms with Crippen LogP contribution in [0.5, 0.6) is 0 Å². The van der Waals surface area contributed by atoms with Crippen molar-refractivity contribution in [2.45, 2.75) is 65.3 Å². The Kier molecular flexibility index (Phi) is 7.17. The fourth-order valence-electron chi connectivity index (χ4n) is 4.08. The number of rotatable bonds is 7. The van der Waals surface area contributed by atoms with Crippen molar-refractivity contribution in [2.75, 3.05) is 6.54 Å². The number of nitrogens with zero attached hydrogens (tertiary/aromatic N) is 3. The molecule has 0 saturated heterocycles. The molecule has 0 radical (unpaired) electrons. The molecular formula is C27H35N3O2. The second-order valence-corrected chi connectivity index (χ2v) is 9.45. The molecule has 1 unspecified atom stereocenters. The van der Waals surface area contributed by atoms with E-state index in [0.29, 0.717) is 35.3 Å². The third kappa shape index (κ3) is 4.77. The topological polar surface area (TPSA) is 55.2 Å². The number of carbonyl (C=O) groups excluding carboxylic acids is 1. The van der Waals surface area contributed by atoms with Gasteiger partial charge in [-0.05, 0) is 48.1 Å². The summed E-state index contributed by atoms with van der Waals surface area (Å²) in [5, 5.41) is 0.595. The predicted molar refractivity (Wildman–Crippen MR) is 131 cm³/mol. The van der Waals surface area contributed by atoms with Crippen LogP contribution in [0.2, 0.25) is 0 Å². The fourth-order valence-corrected chi connectivity index (χ4v) is 4.08. The van der Waals surface area contributed by atoms with E-state index in [1.807, 2.05) is 54.3 Å². The number of carbonyl (C=O) groups is 1. The molecule has 1 atom stereocenters. The number of hydrogen-bond donors (Lipinski definition) is 0. The van der Waals surface area contributed by atoms with Gasteiger partial charge in [-0.25, -0.2) is 4.98 Å². The molecule has 5 heteroatoms. The number of aromatic nitrogens is 2. The van der Waals surface area contributed by atoms with Gasteiger partial charge in [0.25, 0.3) is 11.5 Å². The van der Waals surface area contributed by atoms with Crippen molar-refractivity contribution >= 4 is 16.8 Å². The third-order valence-electron chi connectivity index (χ3n) is 6.09. The first kappa shape index (κ1) is 23.7. The monoisotopic (exact) mass is 433 g/mol. The van der Waals surface area contributed by atoms with Crippen molar-refractivity contribution in [2.24, 2.45) is 7.05 Å². The summed E-state index contributed by atoms with van der Waals surface area (Å²) in [6, 6.07) is 15.0. The smallest absolute Gasteiger partial charge is 0.261 e. The minimum absolute atomic E-state index is 0.0202. The molecule has 3 rings (SSSR count). The molecule has 1 aromatic heterocycles. The zero-order valence-corrected chi connectivity index (χ0v) is 20.2. The summed E-state index contributed by atoms with van der Waals surface area (Å²) in [5.74, 6) is 0.611. The quantitative estimate of drug-likeness (QED) is 0.486. The Morgan fingerprint density at radius 2 is 1.72 bits per heavy atom. The van der Waals surface area contributed by atoms with Crippen LogP contribution in [-0.4, -0.2) is 26.9 Å². The van der Waals surface area contributed by atoms with Gasteiger partial charge in [0.2, 0.25) is 0 Å². The maximum Gasteiger partial charge on any atom is 0.261 e. The zero-order valence-electron chi connectivity index (χ0n) is 20.2. The second-order valence-electron chi connectivity index (χ2n) is 9.45. The Morgan fingerprint density at radius 1 is 1.06 bits per heavy atom. The van der Waals surface area contributed by atoms with Gasteiger partial charge in [-0.15, -0.1) is 0 Å². The standard InChI is InChI=1S/C27H35N3O2/c1-7-9-18-30(25(31)19-14-16-20(17-15-19)27(3,4)5)23(8-2)24-28-22-13-11-10-12-21(22)26(32)29(24)6/h10-17,23H,7-9,18H2,1-6H3. The van der Waals surface area contributed by atoms with E-state index < -0.39 is 0 Å². The zero-order chi connectivity index (χ0) is 23.5. The van der Waals surface area contributed by atoms with Crippen LogP contribution >= 0.6 is 0 Å². The molecule has 3 aromatic rings. The van der Waals surface area contributed by atoms with Crippen molar-refractivity contribution in [1.82, 2.24) is 14.5 Å². The molecule has 0 N–H and O–H groups in total. The molecular weight excluding hydrogens is 398 g/mol. The number of hydrogen-bond acceptors (Lipinski definition) is 3. The highest BCUT2D eigenvalue weighted by molar-refractivity contribution is 5.94. The van der Waals surface area contributed by atoms with Crippen molar-refractivity contribution in [3.8, 4) is 0 Å². The summed E-state index contributed by atoms with van der Waals surface area (Å²) in [4.78, 5) is 33.4. The van der Waals surface area contributed by atoms with Crippen LogP contribution in [0.15, 0.2) is 53.3 Å². The Morgan fingerprint density at radius 3 is 2.31 bits per heavy atom. The van der Waals surface area contributed by atoms with E-state index in [1.165, 1.54) is 5.56 Å². The Bertz CT molecular complexity index is 1140. The minimum atomic E-state index is -0.279. The predicted octanol–water partition coefficient (Wildman–Crippen LogP) is 5.62. The molecule has 1 heterocycles. The van der Waals surface area contributed by atoms with E-state index in [4.69, 9.17) is 4.98 Å². The largest absolute Gasteiger partial charge is 0.328 e. The first-order chi connectivity index (χ1) is 15.2. The van der Waals surface area contributed by atoms with Crippen molar-refractivity contribution in [1.29, 1.82) is 0 Å². The van der Waals surface area contributed by atoms with Crippen LogP contribution in [0.25, 0.3) is 10.9 Å². The molecule has 0 bridgehead atoms. The molecule has 0 aliphatic rings. The molecule has 0 spiro atoms. The van der Waals surface area contributed by atoms with Gasteiger partial charge in [0, 0.05) is 19.2 Å². The van der Waals surface area contributed by atoms with Gasteiger partial charge in [0.15, 0.2) is 0 Å². The lowest BCUT2D eigenvalue weighted by atomic mass is 9.86. The third-order valence-corrected chi connectivity index (χ3v) is 6.09. The summed E-state index contributed by atoms with van der Waals surface area (Å²) in [6.07, 6.45) is 2.55. The number of fused-ring (bicyclic) bond motifs is 1. The first-order valence-electron chi connectivity index (χ1n) is 11.6. The van der Waals surface area contributed by atoms with Crippen LogP contribution < -0.4 is 5.56 Å². The van der Waals surface area contributed by atoms with E-state index in [2.05, 4.69) is 27.7 Å². The maximum absolute atomic E-state index is 13.7. The summed E-state index contributed by atoms with van der Waals surface area (Å²) >= 11 is 0. The summed E-state index contributed by atoms with van der Waals surface area (Å²) in [7, 11) is 1.75. The molecule has 2 aromatic carbocycles. The van der Waals surface area contributed by atoms with Crippen molar-refractivity contribution < 1.29 is 4.79 Å². The summed E-state index contributed by atoms with van der Waals surface area (Å²) < 4.78 is 1.60. The minimum Gasteiger partial charge on any atom is -0.328 e. The lowest BCUT2D eigenvalue weighted by Gasteiger charge is -2.32. The molecule has 170 valence electrons. The van der Waals surface area contributed by atoms with Gasteiger partial charge >= 0.3 is 0 Å². The SMILES string of the molecule is CCCCN(C(=O)c1ccc(C(C)(C)C)cc1)C(CC)c1nc2ccccc2c(=O)n1C. The lowest BCUT2D eigenvalue weighted by Crippen LogP contribution is -2.39. The van der Waals surface area contributed by atoms with Crippen molar-refractivity contribution in [3.63, 3.8) is 0 Å². The van der Waals surface area contributed by atoms with Crippen LogP contribution in [0.1, 0.15) is 81.7 Å². The second kappa shape index (κ2) is 9.68. The number of amides is 1. The summed E-state index contributed by atoms with van der Waals surface area (Å²) in [6.45, 7) is 11.3. The van der Waals surface area contributed by atoms with Crippen LogP contribution in [0.4, 0.5) is 0 Å².